The summed E-state index contributed by atoms with van der Waals surface area (Å²) >= 11 is 0. The Morgan fingerprint density at radius 1 is 1.00 bits per heavy atom. The summed E-state index contributed by atoms with van der Waals surface area (Å²) in [7, 11) is 0. The number of carboxylic acids is 2. The first-order valence-corrected chi connectivity index (χ1v) is 3.06. The molecule has 0 bridgehead atoms. The fraction of sp³-hybridized carbons (Fsp3) is 0.667. The van der Waals surface area contributed by atoms with Crippen molar-refractivity contribution in [2.24, 2.45) is 0 Å². The molecule has 0 saturated heterocycles. The molecule has 0 heterocycles. The van der Waals surface area contributed by atoms with Crippen molar-refractivity contribution in [1.29, 1.82) is 0 Å². The van der Waals surface area contributed by atoms with Crippen molar-refractivity contribution >= 4 is 11.9 Å². The Hall–Kier alpha value is -0.621. The maximum atomic E-state index is 9.34. The molecule has 0 rings (SSSR count). The van der Waals surface area contributed by atoms with Gasteiger partial charge in [-0.05, 0) is 13.8 Å². The zero-order valence-corrected chi connectivity index (χ0v) is 7.93. The van der Waals surface area contributed by atoms with Crippen LogP contribution in [0.5, 0.6) is 0 Å². The van der Waals surface area contributed by atoms with Crippen molar-refractivity contribution in [2.75, 3.05) is 0 Å². The zero-order valence-electron chi connectivity index (χ0n) is 6.98. The standard InChI is InChI=1S/2C3H6O3.Cu/c2*1-2(4)3(5)6;/h2*2,4H,1H3,(H,5,6);/q;;+2/p-2. The third-order valence-corrected chi connectivity index (χ3v) is 0.682. The third kappa shape index (κ3) is 18.4. The molecule has 0 spiro atoms. The quantitative estimate of drug-likeness (QED) is 0.479. The van der Waals surface area contributed by atoms with Crippen LogP contribution in [-0.2, 0) is 26.7 Å². The molecular formula is C6H10CuO6. The van der Waals surface area contributed by atoms with Crippen LogP contribution in [-0.4, -0.2) is 34.4 Å². The molecule has 0 saturated carbocycles. The third-order valence-electron chi connectivity index (χ3n) is 0.682. The van der Waals surface area contributed by atoms with E-state index in [4.69, 9.17) is 10.2 Å². The van der Waals surface area contributed by atoms with Gasteiger partial charge in [0, 0.05) is 0 Å². The van der Waals surface area contributed by atoms with Crippen LogP contribution in [0.3, 0.4) is 0 Å². The van der Waals surface area contributed by atoms with E-state index < -0.39 is 24.1 Å². The van der Waals surface area contributed by atoms with Crippen molar-refractivity contribution in [3.63, 3.8) is 0 Å². The average molecular weight is 242 g/mol. The van der Waals surface area contributed by atoms with Crippen molar-refractivity contribution in [3.05, 3.63) is 0 Å². The monoisotopic (exact) mass is 241 g/mol. The van der Waals surface area contributed by atoms with E-state index in [1.54, 1.807) is 0 Å². The molecule has 0 aliphatic carbocycles. The zero-order chi connectivity index (χ0) is 10.3. The van der Waals surface area contributed by atoms with Crippen LogP contribution in [0.4, 0.5) is 0 Å². The van der Waals surface area contributed by atoms with Gasteiger partial charge in [0.05, 0.1) is 24.1 Å². The first-order valence-electron chi connectivity index (χ1n) is 3.06. The van der Waals surface area contributed by atoms with Gasteiger partial charge in [0.2, 0.25) is 0 Å². The van der Waals surface area contributed by atoms with Crippen molar-refractivity contribution in [3.8, 4) is 0 Å². The maximum absolute atomic E-state index is 9.34. The van der Waals surface area contributed by atoms with Gasteiger partial charge in [-0.25, -0.2) is 0 Å². The summed E-state index contributed by atoms with van der Waals surface area (Å²) in [5.41, 5.74) is 0. The van der Waals surface area contributed by atoms with Crippen LogP contribution in [0.1, 0.15) is 13.8 Å². The molecule has 0 aromatic rings. The maximum Gasteiger partial charge on any atom is 2.00 e. The van der Waals surface area contributed by atoms with Crippen LogP contribution in [0.15, 0.2) is 0 Å². The molecule has 1 radical (unpaired) electrons. The summed E-state index contributed by atoms with van der Waals surface area (Å²) in [5.74, 6) is -2.87. The predicted octanol–water partition coefficient (Wildman–Crippen LogP) is -3.77. The topological polar surface area (TPSA) is 121 Å². The van der Waals surface area contributed by atoms with Gasteiger partial charge in [0.1, 0.15) is 0 Å². The summed E-state index contributed by atoms with van der Waals surface area (Å²) in [4.78, 5) is 18.7. The first kappa shape index (κ1) is 18.2. The molecule has 0 aliphatic heterocycles. The molecule has 2 atom stereocenters. The van der Waals surface area contributed by atoms with Gasteiger partial charge < -0.3 is 30.0 Å². The normalized spacial score (nSPS) is 12.6. The van der Waals surface area contributed by atoms with E-state index in [9.17, 15) is 19.8 Å². The minimum absolute atomic E-state index is 0. The van der Waals surface area contributed by atoms with E-state index in [0.717, 1.165) is 13.8 Å². The Morgan fingerprint density at radius 2 is 1.08 bits per heavy atom. The number of aliphatic carboxylic acids is 2. The molecule has 81 valence electrons. The van der Waals surface area contributed by atoms with Gasteiger partial charge in [-0.2, -0.15) is 0 Å². The molecular weight excluding hydrogens is 232 g/mol. The summed E-state index contributed by atoms with van der Waals surface area (Å²) in [6.45, 7) is 2.27. The Balaban J connectivity index is -0.000000143. The number of aliphatic hydroxyl groups excluding tert-OH is 2. The molecule has 0 amide bonds. The second-order valence-electron chi connectivity index (χ2n) is 1.99. The number of hydrogen-bond acceptors (Lipinski definition) is 6. The van der Waals surface area contributed by atoms with Crippen molar-refractivity contribution < 1.29 is 47.1 Å². The van der Waals surface area contributed by atoms with E-state index in [0.29, 0.717) is 0 Å². The van der Waals surface area contributed by atoms with Gasteiger partial charge in [-0.3, -0.25) is 0 Å². The molecule has 2 unspecified atom stereocenters. The fourth-order valence-corrected chi connectivity index (χ4v) is 0. The van der Waals surface area contributed by atoms with E-state index in [-0.39, 0.29) is 17.1 Å². The molecule has 7 heteroatoms. The number of carbonyl (C=O) groups excluding carboxylic acids is 2. The number of carboxylic acid groups (broad SMARTS) is 2. The van der Waals surface area contributed by atoms with Crippen LogP contribution in [0.25, 0.3) is 0 Å². The van der Waals surface area contributed by atoms with Crippen LogP contribution in [0.2, 0.25) is 0 Å². The largest absolute Gasteiger partial charge is 2.00 e. The van der Waals surface area contributed by atoms with Gasteiger partial charge in [0.15, 0.2) is 0 Å². The minimum Gasteiger partial charge on any atom is -0.547 e. The second-order valence-corrected chi connectivity index (χ2v) is 1.99. The van der Waals surface area contributed by atoms with E-state index in [2.05, 4.69) is 0 Å². The van der Waals surface area contributed by atoms with Crippen molar-refractivity contribution in [2.45, 2.75) is 26.1 Å². The smallest absolute Gasteiger partial charge is 0.547 e. The molecule has 0 aliphatic rings. The summed E-state index contributed by atoms with van der Waals surface area (Å²) in [6, 6.07) is 0. The summed E-state index contributed by atoms with van der Waals surface area (Å²) in [6.07, 6.45) is -2.69. The number of aliphatic hydroxyl groups is 2. The summed E-state index contributed by atoms with van der Waals surface area (Å²) in [5, 5.41) is 34.6. The van der Waals surface area contributed by atoms with Gasteiger partial charge in [0.25, 0.3) is 0 Å². The Morgan fingerprint density at radius 3 is 1.08 bits per heavy atom. The van der Waals surface area contributed by atoms with Crippen molar-refractivity contribution in [1.82, 2.24) is 0 Å². The van der Waals surface area contributed by atoms with E-state index in [1.165, 1.54) is 0 Å². The Bertz CT molecular complexity index is 137. The average Bonchev–Trinajstić information content (AvgIpc) is 1.88. The molecule has 13 heavy (non-hydrogen) atoms. The minimum atomic E-state index is -1.44. The molecule has 0 fully saturated rings. The second kappa shape index (κ2) is 9.47. The molecule has 6 nitrogen and oxygen atoms in total. The Labute approximate surface area is 85.7 Å². The Kier molecular flexibility index (Phi) is 13.3. The van der Waals surface area contributed by atoms with Gasteiger partial charge in [-0.1, -0.05) is 0 Å². The molecule has 2 N–H and O–H groups in total. The molecule has 0 aromatic carbocycles. The van der Waals surface area contributed by atoms with Gasteiger partial charge in [-0.15, -0.1) is 0 Å². The van der Waals surface area contributed by atoms with E-state index >= 15 is 0 Å². The van der Waals surface area contributed by atoms with Crippen LogP contribution in [0, 0.1) is 0 Å². The summed E-state index contributed by atoms with van der Waals surface area (Å²) < 4.78 is 0. The number of rotatable bonds is 2. The number of carbonyl (C=O) groups is 2. The predicted molar refractivity (Wildman–Crippen MR) is 33.4 cm³/mol. The molecule has 0 aromatic heterocycles. The van der Waals surface area contributed by atoms with Crippen LogP contribution < -0.4 is 10.2 Å². The SMILES string of the molecule is CC(O)C(=O)[O-].CC(O)C(=O)[O-].[Cu+2]. The fourth-order valence-electron chi connectivity index (χ4n) is 0. The van der Waals surface area contributed by atoms with Crippen LogP contribution >= 0.6 is 0 Å². The van der Waals surface area contributed by atoms with E-state index in [1.807, 2.05) is 0 Å². The number of hydrogen-bond donors (Lipinski definition) is 2. The first-order chi connectivity index (χ1) is 5.29. The van der Waals surface area contributed by atoms with Gasteiger partial charge >= 0.3 is 17.1 Å².